The van der Waals surface area contributed by atoms with Gasteiger partial charge in [0.2, 0.25) is 0 Å². The molecule has 4 aromatic rings. The van der Waals surface area contributed by atoms with Gasteiger partial charge in [-0.1, -0.05) is 48.0 Å². The van der Waals surface area contributed by atoms with Crippen molar-refractivity contribution < 1.29 is 9.59 Å². The molecule has 1 fully saturated rings. The maximum absolute atomic E-state index is 13.4. The summed E-state index contributed by atoms with van der Waals surface area (Å²) in [5.74, 6) is -0.0773. The zero-order valence-electron chi connectivity index (χ0n) is 21.2. The number of carbonyl (C=O) groups is 2. The molecule has 1 aromatic heterocycles. The SMILES string of the molecule is Cc1ccc(C(=O)NC2CC2)cc1-n1ncc(C(=O)c2cccc(CNCCc3cccc(Cl)c3)c2)c1N. The number of nitrogens with one attached hydrogen (secondary N) is 2. The molecule has 0 radical (unpaired) electrons. The molecule has 0 unspecified atom stereocenters. The van der Waals surface area contributed by atoms with Crippen LogP contribution in [-0.2, 0) is 13.0 Å². The molecular formula is C30H30ClN5O2. The molecule has 38 heavy (non-hydrogen) atoms. The van der Waals surface area contributed by atoms with E-state index in [0.29, 0.717) is 28.9 Å². The number of nitrogens with two attached hydrogens (primary N) is 1. The minimum atomic E-state index is -0.199. The average molecular weight is 528 g/mol. The van der Waals surface area contributed by atoms with Gasteiger partial charge >= 0.3 is 0 Å². The lowest BCUT2D eigenvalue weighted by molar-refractivity contribution is 0.0950. The number of amides is 1. The standard InChI is InChI=1S/C30H30ClN5O2/c1-19-8-9-23(30(38)35-25-10-11-25)16-27(19)36-29(32)26(18-34-36)28(37)22-6-2-5-21(14-22)17-33-13-12-20-4-3-7-24(31)15-20/h2-9,14-16,18,25,33H,10-13,17,32H2,1H3,(H,35,38). The molecule has 4 N–H and O–H groups in total. The number of nitrogens with zero attached hydrogens (tertiary/aromatic N) is 2. The molecule has 1 saturated carbocycles. The topological polar surface area (TPSA) is 102 Å². The molecule has 8 heteroatoms. The normalized spacial score (nSPS) is 12.9. The number of hydrogen-bond acceptors (Lipinski definition) is 5. The first-order chi connectivity index (χ1) is 18.4. The van der Waals surface area contributed by atoms with Crippen LogP contribution in [0.5, 0.6) is 0 Å². The summed E-state index contributed by atoms with van der Waals surface area (Å²) in [6, 6.07) is 21.0. The lowest BCUT2D eigenvalue weighted by atomic mass is 10.0. The number of hydrogen-bond donors (Lipinski definition) is 3. The average Bonchev–Trinajstić information content (AvgIpc) is 3.65. The molecule has 1 aliphatic carbocycles. The summed E-state index contributed by atoms with van der Waals surface area (Å²) in [5, 5.41) is 11.6. The molecule has 0 aliphatic heterocycles. The van der Waals surface area contributed by atoms with Crippen LogP contribution in [0.25, 0.3) is 5.69 Å². The Balaban J connectivity index is 1.27. The van der Waals surface area contributed by atoms with Crippen molar-refractivity contribution in [3.8, 4) is 5.69 Å². The second-order valence-electron chi connectivity index (χ2n) is 9.69. The third kappa shape index (κ3) is 5.96. The number of nitrogen functional groups attached to an aromatic ring is 1. The van der Waals surface area contributed by atoms with E-state index in [0.717, 1.165) is 42.0 Å². The quantitative estimate of drug-likeness (QED) is 0.202. The minimum absolute atomic E-state index is 0.117. The van der Waals surface area contributed by atoms with Crippen LogP contribution in [0.4, 0.5) is 5.82 Å². The van der Waals surface area contributed by atoms with Crippen molar-refractivity contribution in [2.75, 3.05) is 12.3 Å². The summed E-state index contributed by atoms with van der Waals surface area (Å²) in [7, 11) is 0. The third-order valence-electron chi connectivity index (χ3n) is 6.66. The molecule has 5 rings (SSSR count). The zero-order valence-corrected chi connectivity index (χ0v) is 22.0. The Morgan fingerprint density at radius 1 is 1.03 bits per heavy atom. The zero-order chi connectivity index (χ0) is 26.6. The van der Waals surface area contributed by atoms with Gasteiger partial charge in [0.25, 0.3) is 5.91 Å². The molecule has 1 heterocycles. The van der Waals surface area contributed by atoms with Gasteiger partial charge in [0, 0.05) is 28.7 Å². The lowest BCUT2D eigenvalue weighted by Gasteiger charge is -2.11. The smallest absolute Gasteiger partial charge is 0.251 e. The maximum atomic E-state index is 13.4. The fourth-order valence-corrected chi connectivity index (χ4v) is 4.55. The molecule has 194 valence electrons. The molecule has 1 amide bonds. The number of carbonyl (C=O) groups excluding carboxylic acids is 2. The van der Waals surface area contributed by atoms with Crippen LogP contribution in [-0.4, -0.2) is 34.1 Å². The van der Waals surface area contributed by atoms with E-state index in [1.165, 1.54) is 16.4 Å². The van der Waals surface area contributed by atoms with Gasteiger partial charge in [-0.05, 0) is 79.8 Å². The molecule has 3 aromatic carbocycles. The Morgan fingerprint density at radius 2 is 1.82 bits per heavy atom. The Morgan fingerprint density at radius 3 is 2.61 bits per heavy atom. The van der Waals surface area contributed by atoms with Crippen molar-refractivity contribution in [3.05, 3.63) is 111 Å². The van der Waals surface area contributed by atoms with Crippen molar-refractivity contribution in [1.29, 1.82) is 0 Å². The number of anilines is 1. The summed E-state index contributed by atoms with van der Waals surface area (Å²) in [6.07, 6.45) is 4.38. The third-order valence-corrected chi connectivity index (χ3v) is 6.90. The Kier molecular flexibility index (Phi) is 7.58. The molecule has 0 bridgehead atoms. The lowest BCUT2D eigenvalue weighted by Crippen LogP contribution is -2.25. The predicted molar refractivity (Wildman–Crippen MR) is 150 cm³/mol. The highest BCUT2D eigenvalue weighted by molar-refractivity contribution is 6.30. The Bertz CT molecular complexity index is 1490. The number of aryl methyl sites for hydroxylation is 1. The van der Waals surface area contributed by atoms with E-state index in [2.05, 4.69) is 21.8 Å². The van der Waals surface area contributed by atoms with Crippen LogP contribution in [0.3, 0.4) is 0 Å². The fourth-order valence-electron chi connectivity index (χ4n) is 4.34. The summed E-state index contributed by atoms with van der Waals surface area (Å²) in [4.78, 5) is 25.9. The summed E-state index contributed by atoms with van der Waals surface area (Å²) in [6.45, 7) is 3.34. The second-order valence-corrected chi connectivity index (χ2v) is 10.1. The monoisotopic (exact) mass is 527 g/mol. The Hall–Kier alpha value is -3.94. The minimum Gasteiger partial charge on any atom is -0.383 e. The molecular weight excluding hydrogens is 498 g/mol. The first-order valence-corrected chi connectivity index (χ1v) is 13.1. The van der Waals surface area contributed by atoms with Crippen LogP contribution < -0.4 is 16.4 Å². The number of benzene rings is 3. The first kappa shape index (κ1) is 25.7. The van der Waals surface area contributed by atoms with Gasteiger partial charge in [-0.3, -0.25) is 9.59 Å². The highest BCUT2D eigenvalue weighted by atomic mass is 35.5. The van der Waals surface area contributed by atoms with Crippen molar-refractivity contribution in [2.45, 2.75) is 38.8 Å². The molecule has 7 nitrogen and oxygen atoms in total. The van der Waals surface area contributed by atoms with Gasteiger partial charge in [-0.2, -0.15) is 5.10 Å². The molecule has 0 spiro atoms. The predicted octanol–water partition coefficient (Wildman–Crippen LogP) is 4.87. The van der Waals surface area contributed by atoms with E-state index in [1.807, 2.05) is 49.4 Å². The van der Waals surface area contributed by atoms with Crippen molar-refractivity contribution >= 4 is 29.1 Å². The number of ketones is 1. The van der Waals surface area contributed by atoms with E-state index in [1.54, 1.807) is 18.2 Å². The summed E-state index contributed by atoms with van der Waals surface area (Å²) in [5.41, 5.74) is 11.6. The summed E-state index contributed by atoms with van der Waals surface area (Å²) < 4.78 is 1.53. The molecule has 1 aliphatic rings. The van der Waals surface area contributed by atoms with E-state index in [-0.39, 0.29) is 23.6 Å². The van der Waals surface area contributed by atoms with Gasteiger partial charge < -0.3 is 16.4 Å². The van der Waals surface area contributed by atoms with E-state index in [9.17, 15) is 9.59 Å². The summed E-state index contributed by atoms with van der Waals surface area (Å²) >= 11 is 6.06. The van der Waals surface area contributed by atoms with Crippen LogP contribution >= 0.6 is 11.6 Å². The van der Waals surface area contributed by atoms with E-state index >= 15 is 0 Å². The van der Waals surface area contributed by atoms with Gasteiger partial charge in [0.05, 0.1) is 17.4 Å². The highest BCUT2D eigenvalue weighted by Gasteiger charge is 2.24. The van der Waals surface area contributed by atoms with Crippen molar-refractivity contribution in [2.24, 2.45) is 0 Å². The van der Waals surface area contributed by atoms with E-state index in [4.69, 9.17) is 17.3 Å². The second kappa shape index (κ2) is 11.2. The van der Waals surface area contributed by atoms with Crippen LogP contribution in [0.15, 0.2) is 72.9 Å². The van der Waals surface area contributed by atoms with Crippen LogP contribution in [0.1, 0.15) is 55.8 Å². The largest absolute Gasteiger partial charge is 0.383 e. The molecule has 0 saturated heterocycles. The number of rotatable bonds is 10. The van der Waals surface area contributed by atoms with Gasteiger partial charge in [0.15, 0.2) is 5.78 Å². The first-order valence-electron chi connectivity index (χ1n) is 12.7. The number of aromatic nitrogens is 2. The maximum Gasteiger partial charge on any atom is 0.251 e. The molecule has 0 atom stereocenters. The van der Waals surface area contributed by atoms with Crippen LogP contribution in [0, 0.1) is 6.92 Å². The van der Waals surface area contributed by atoms with Crippen LogP contribution in [0.2, 0.25) is 5.02 Å². The van der Waals surface area contributed by atoms with Gasteiger partial charge in [-0.15, -0.1) is 0 Å². The van der Waals surface area contributed by atoms with Gasteiger partial charge in [-0.25, -0.2) is 4.68 Å². The number of halogens is 1. The Labute approximate surface area is 227 Å². The van der Waals surface area contributed by atoms with Gasteiger partial charge in [0.1, 0.15) is 5.82 Å². The van der Waals surface area contributed by atoms with Crippen molar-refractivity contribution in [1.82, 2.24) is 20.4 Å². The fraction of sp³-hybridized carbons (Fsp3) is 0.233. The van der Waals surface area contributed by atoms with E-state index < -0.39 is 0 Å². The van der Waals surface area contributed by atoms with Crippen molar-refractivity contribution in [3.63, 3.8) is 0 Å². The highest BCUT2D eigenvalue weighted by Crippen LogP contribution is 2.25.